The molecule has 0 bridgehead atoms. The molecule has 0 fully saturated rings. The summed E-state index contributed by atoms with van der Waals surface area (Å²) in [6.45, 7) is 5.93. The largest absolute Gasteiger partial charge is 0.349 e. The van der Waals surface area contributed by atoms with E-state index in [0.29, 0.717) is 10.2 Å². The average Bonchev–Trinajstić information content (AvgIpc) is 3.08. The van der Waals surface area contributed by atoms with E-state index < -0.39 is 0 Å². The first-order valence-corrected chi connectivity index (χ1v) is 9.85. The van der Waals surface area contributed by atoms with Gasteiger partial charge in [0.15, 0.2) is 0 Å². The maximum absolute atomic E-state index is 12.4. The smallest absolute Gasteiger partial charge is 0.230 e. The molecule has 2 aromatic carbocycles. The molecule has 1 heterocycles. The Kier molecular flexibility index (Phi) is 6.13. The lowest BCUT2D eigenvalue weighted by atomic mass is 10.1. The van der Waals surface area contributed by atoms with Gasteiger partial charge in [0.25, 0.3) is 0 Å². The number of benzene rings is 2. The van der Waals surface area contributed by atoms with Crippen LogP contribution in [0.1, 0.15) is 29.7 Å². The van der Waals surface area contributed by atoms with E-state index >= 15 is 0 Å². The quantitative estimate of drug-likeness (QED) is 0.634. The van der Waals surface area contributed by atoms with Crippen molar-refractivity contribution in [3.05, 3.63) is 64.2 Å². The van der Waals surface area contributed by atoms with E-state index in [1.807, 2.05) is 63.2 Å². The number of rotatable bonds is 6. The van der Waals surface area contributed by atoms with Gasteiger partial charge in [-0.05, 0) is 54.0 Å². The van der Waals surface area contributed by atoms with Gasteiger partial charge in [0.05, 0.1) is 17.5 Å². The van der Waals surface area contributed by atoms with Gasteiger partial charge in [-0.15, -0.1) is 5.10 Å². The molecule has 6 nitrogen and oxygen atoms in total. The number of nitrogens with one attached hydrogen (secondary N) is 1. The monoisotopic (exact) mass is 401 g/mol. The first-order valence-electron chi connectivity index (χ1n) is 8.49. The highest BCUT2D eigenvalue weighted by atomic mass is 35.5. The molecule has 0 aliphatic rings. The first-order chi connectivity index (χ1) is 13.0. The Bertz CT molecular complexity index is 939. The number of hydrogen-bond acceptors (Lipinski definition) is 5. The summed E-state index contributed by atoms with van der Waals surface area (Å²) in [7, 11) is 0. The zero-order valence-corrected chi connectivity index (χ0v) is 16.9. The van der Waals surface area contributed by atoms with E-state index in [1.54, 1.807) is 4.68 Å². The average molecular weight is 402 g/mol. The van der Waals surface area contributed by atoms with Gasteiger partial charge in [-0.1, -0.05) is 59.8 Å². The second-order valence-electron chi connectivity index (χ2n) is 6.21. The van der Waals surface area contributed by atoms with Gasteiger partial charge >= 0.3 is 0 Å². The van der Waals surface area contributed by atoms with E-state index in [0.717, 1.165) is 22.4 Å². The summed E-state index contributed by atoms with van der Waals surface area (Å²) in [6.07, 6.45) is 0. The highest BCUT2D eigenvalue weighted by Gasteiger charge is 2.16. The molecule has 1 atom stereocenters. The lowest BCUT2D eigenvalue weighted by Gasteiger charge is -2.15. The van der Waals surface area contributed by atoms with Gasteiger partial charge < -0.3 is 5.32 Å². The molecule has 140 valence electrons. The second kappa shape index (κ2) is 8.54. The fourth-order valence-corrected chi connectivity index (χ4v) is 3.85. The number of hydrogen-bond donors (Lipinski definition) is 1. The Morgan fingerprint density at radius 2 is 1.89 bits per heavy atom. The van der Waals surface area contributed by atoms with Crippen molar-refractivity contribution in [3.63, 3.8) is 0 Å². The Morgan fingerprint density at radius 1 is 1.19 bits per heavy atom. The van der Waals surface area contributed by atoms with Crippen LogP contribution in [0, 0.1) is 13.8 Å². The minimum atomic E-state index is -0.179. The third-order valence-corrected chi connectivity index (χ3v) is 5.44. The molecule has 3 rings (SSSR count). The van der Waals surface area contributed by atoms with Gasteiger partial charge in [-0.3, -0.25) is 4.79 Å². The molecule has 1 N–H and O–H groups in total. The summed E-state index contributed by atoms with van der Waals surface area (Å²) >= 11 is 7.49. The Morgan fingerprint density at radius 3 is 2.59 bits per heavy atom. The van der Waals surface area contributed by atoms with Gasteiger partial charge in [0, 0.05) is 5.02 Å². The normalized spacial score (nSPS) is 12.0. The Labute approximate surface area is 167 Å². The molecule has 0 aliphatic carbocycles. The van der Waals surface area contributed by atoms with Crippen LogP contribution >= 0.6 is 23.4 Å². The number of amides is 1. The Balaban J connectivity index is 1.67. The van der Waals surface area contributed by atoms with Crippen molar-refractivity contribution < 1.29 is 4.79 Å². The van der Waals surface area contributed by atoms with Crippen LogP contribution in [0.4, 0.5) is 0 Å². The molecule has 0 unspecified atom stereocenters. The topological polar surface area (TPSA) is 72.7 Å². The fourth-order valence-electron chi connectivity index (χ4n) is 2.87. The van der Waals surface area contributed by atoms with E-state index in [-0.39, 0.29) is 17.7 Å². The lowest BCUT2D eigenvalue weighted by molar-refractivity contribution is -0.119. The molecule has 0 spiro atoms. The number of para-hydroxylation sites is 1. The summed E-state index contributed by atoms with van der Waals surface area (Å²) in [5.41, 5.74) is 3.97. The number of carbonyl (C=O) groups excluding carboxylic acids is 1. The molecule has 27 heavy (non-hydrogen) atoms. The second-order valence-corrected chi connectivity index (χ2v) is 7.56. The minimum absolute atomic E-state index is 0.108. The molecule has 3 aromatic rings. The van der Waals surface area contributed by atoms with Crippen molar-refractivity contribution in [2.45, 2.75) is 32.0 Å². The van der Waals surface area contributed by atoms with Crippen molar-refractivity contribution in [2.75, 3.05) is 5.75 Å². The van der Waals surface area contributed by atoms with Gasteiger partial charge in [-0.25, -0.2) is 0 Å². The number of halogens is 1. The molecule has 1 aromatic heterocycles. The van der Waals surface area contributed by atoms with E-state index in [9.17, 15) is 4.79 Å². The highest BCUT2D eigenvalue weighted by molar-refractivity contribution is 7.99. The van der Waals surface area contributed by atoms with Crippen LogP contribution in [0.3, 0.4) is 0 Å². The van der Waals surface area contributed by atoms with Crippen molar-refractivity contribution >= 4 is 29.3 Å². The third kappa shape index (κ3) is 4.48. The zero-order valence-electron chi connectivity index (χ0n) is 15.3. The van der Waals surface area contributed by atoms with Crippen LogP contribution in [0.25, 0.3) is 5.69 Å². The number of carbonyl (C=O) groups is 1. The predicted molar refractivity (Wildman–Crippen MR) is 107 cm³/mol. The number of tetrazole rings is 1. The summed E-state index contributed by atoms with van der Waals surface area (Å²) < 4.78 is 1.68. The van der Waals surface area contributed by atoms with Crippen molar-refractivity contribution in [2.24, 2.45) is 0 Å². The summed E-state index contributed by atoms with van der Waals surface area (Å²) in [6, 6.07) is 13.3. The Hall–Kier alpha value is -2.38. The standard InChI is InChI=1S/C19H20ClN5OS/c1-12-7-6-8-13(2)18(12)25-19(22-23-24-25)27-11-17(26)21-14(3)15-9-4-5-10-16(15)20/h4-10,14H,11H2,1-3H3,(H,21,26)/t14-/m1/s1. The van der Waals surface area contributed by atoms with E-state index in [2.05, 4.69) is 20.8 Å². The van der Waals surface area contributed by atoms with Gasteiger partial charge in [-0.2, -0.15) is 4.68 Å². The van der Waals surface area contributed by atoms with Gasteiger partial charge in [0.2, 0.25) is 11.1 Å². The van der Waals surface area contributed by atoms with Crippen molar-refractivity contribution in [1.29, 1.82) is 0 Å². The zero-order chi connectivity index (χ0) is 19.4. The van der Waals surface area contributed by atoms with Crippen LogP contribution < -0.4 is 5.32 Å². The number of aryl methyl sites for hydroxylation is 2. The van der Waals surface area contributed by atoms with E-state index in [1.165, 1.54) is 11.8 Å². The molecular weight excluding hydrogens is 382 g/mol. The summed E-state index contributed by atoms with van der Waals surface area (Å²) in [5.74, 6) is 0.101. The highest BCUT2D eigenvalue weighted by Crippen LogP contribution is 2.24. The van der Waals surface area contributed by atoms with Crippen molar-refractivity contribution in [1.82, 2.24) is 25.5 Å². The maximum atomic E-state index is 12.4. The minimum Gasteiger partial charge on any atom is -0.349 e. The summed E-state index contributed by atoms with van der Waals surface area (Å²) in [4.78, 5) is 12.4. The van der Waals surface area contributed by atoms with Crippen LogP contribution in [0.5, 0.6) is 0 Å². The molecule has 0 aliphatic heterocycles. The van der Waals surface area contributed by atoms with Crippen molar-refractivity contribution in [3.8, 4) is 5.69 Å². The first kappa shape index (κ1) is 19.4. The third-order valence-electron chi connectivity index (χ3n) is 4.17. The summed E-state index contributed by atoms with van der Waals surface area (Å²) in [5, 5.41) is 16.1. The SMILES string of the molecule is Cc1cccc(C)c1-n1nnnc1SCC(=O)N[C@H](C)c1ccccc1Cl. The molecular formula is C19H20ClN5OS. The molecule has 0 saturated carbocycles. The van der Waals surface area contributed by atoms with Crippen LogP contribution in [0.2, 0.25) is 5.02 Å². The molecule has 0 radical (unpaired) electrons. The molecule has 0 saturated heterocycles. The number of nitrogens with zero attached hydrogens (tertiary/aromatic N) is 4. The molecule has 1 amide bonds. The maximum Gasteiger partial charge on any atom is 0.230 e. The lowest BCUT2D eigenvalue weighted by Crippen LogP contribution is -2.28. The van der Waals surface area contributed by atoms with Gasteiger partial charge in [0.1, 0.15) is 0 Å². The number of aromatic nitrogens is 4. The number of thioether (sulfide) groups is 1. The fraction of sp³-hybridized carbons (Fsp3) is 0.263. The van der Waals surface area contributed by atoms with E-state index in [4.69, 9.17) is 11.6 Å². The van der Waals surface area contributed by atoms with Crippen LogP contribution in [0.15, 0.2) is 47.6 Å². The predicted octanol–water partition coefficient (Wildman–Crippen LogP) is 3.90. The van der Waals surface area contributed by atoms with Crippen LogP contribution in [-0.2, 0) is 4.79 Å². The molecule has 8 heteroatoms. The van der Waals surface area contributed by atoms with Crippen LogP contribution in [-0.4, -0.2) is 31.9 Å².